The summed E-state index contributed by atoms with van der Waals surface area (Å²) in [5, 5.41) is 9.05. The summed E-state index contributed by atoms with van der Waals surface area (Å²) in [7, 11) is 1.64. The molecule has 0 N–H and O–H groups in total. The van der Waals surface area contributed by atoms with Gasteiger partial charge in [0, 0.05) is 11.8 Å². The largest absolute Gasteiger partial charge is 0.497 e. The highest BCUT2D eigenvalue weighted by Gasteiger charge is 2.13. The Bertz CT molecular complexity index is 799. The molecule has 0 radical (unpaired) electrons. The average Bonchev–Trinajstić information content (AvgIpc) is 2.87. The monoisotopic (exact) mass is 263 g/mol. The first kappa shape index (κ1) is 12.2. The lowest BCUT2D eigenvalue weighted by Gasteiger charge is -2.04. The van der Waals surface area contributed by atoms with Gasteiger partial charge in [-0.3, -0.25) is 0 Å². The van der Waals surface area contributed by atoms with Crippen molar-refractivity contribution in [2.45, 2.75) is 6.42 Å². The van der Waals surface area contributed by atoms with Crippen LogP contribution in [0.25, 0.3) is 16.9 Å². The zero-order chi connectivity index (χ0) is 13.9. The van der Waals surface area contributed by atoms with Crippen LogP contribution in [-0.2, 0) is 6.42 Å². The highest BCUT2D eigenvalue weighted by molar-refractivity contribution is 5.68. The zero-order valence-corrected chi connectivity index (χ0v) is 11.1. The molecular formula is C16H13N3O. The second-order valence-corrected chi connectivity index (χ2v) is 4.40. The smallest absolute Gasteiger partial charge is 0.137 e. The third kappa shape index (κ3) is 1.99. The minimum Gasteiger partial charge on any atom is -0.497 e. The molecular weight excluding hydrogens is 250 g/mol. The summed E-state index contributed by atoms with van der Waals surface area (Å²) in [5.74, 6) is 0.780. The highest BCUT2D eigenvalue weighted by atomic mass is 16.5. The summed E-state index contributed by atoms with van der Waals surface area (Å²) in [6.45, 7) is 0. The van der Waals surface area contributed by atoms with Gasteiger partial charge in [-0.2, -0.15) is 5.26 Å². The first-order valence-electron chi connectivity index (χ1n) is 6.31. The minimum atomic E-state index is 0.317. The Kier molecular flexibility index (Phi) is 3.10. The summed E-state index contributed by atoms with van der Waals surface area (Å²) in [6, 6.07) is 15.7. The van der Waals surface area contributed by atoms with Gasteiger partial charge in [0.15, 0.2) is 0 Å². The van der Waals surface area contributed by atoms with Gasteiger partial charge >= 0.3 is 0 Å². The summed E-state index contributed by atoms with van der Waals surface area (Å²) in [6.07, 6.45) is 2.25. The van der Waals surface area contributed by atoms with Gasteiger partial charge in [-0.1, -0.05) is 18.2 Å². The Hall–Kier alpha value is -2.80. The molecule has 2 aromatic heterocycles. The number of fused-ring (bicyclic) bond motifs is 1. The Labute approximate surface area is 116 Å². The minimum absolute atomic E-state index is 0.317. The van der Waals surface area contributed by atoms with E-state index in [1.807, 2.05) is 53.1 Å². The molecule has 3 rings (SSSR count). The van der Waals surface area contributed by atoms with Gasteiger partial charge in [0.1, 0.15) is 11.4 Å². The first-order valence-corrected chi connectivity index (χ1v) is 6.31. The molecule has 3 aromatic rings. The van der Waals surface area contributed by atoms with Gasteiger partial charge in [-0.15, -0.1) is 0 Å². The summed E-state index contributed by atoms with van der Waals surface area (Å²) in [4.78, 5) is 4.63. The molecule has 2 heterocycles. The number of benzene rings is 1. The van der Waals surface area contributed by atoms with E-state index in [0.717, 1.165) is 28.3 Å². The fourth-order valence-electron chi connectivity index (χ4n) is 2.29. The van der Waals surface area contributed by atoms with Crippen LogP contribution in [0.15, 0.2) is 48.7 Å². The van der Waals surface area contributed by atoms with E-state index < -0.39 is 0 Å². The Balaban J connectivity index is 2.24. The SMILES string of the molecule is COc1cccc(-c2nc3ccccn3c2CC#N)c1. The van der Waals surface area contributed by atoms with E-state index in [9.17, 15) is 0 Å². The predicted molar refractivity (Wildman–Crippen MR) is 76.5 cm³/mol. The molecule has 0 aliphatic carbocycles. The second kappa shape index (κ2) is 5.06. The van der Waals surface area contributed by atoms with E-state index in [1.54, 1.807) is 7.11 Å². The number of ether oxygens (including phenoxy) is 1. The lowest BCUT2D eigenvalue weighted by Crippen LogP contribution is -1.93. The average molecular weight is 263 g/mol. The van der Waals surface area contributed by atoms with Gasteiger partial charge in [-0.25, -0.2) is 4.98 Å². The highest BCUT2D eigenvalue weighted by Crippen LogP contribution is 2.27. The number of imidazole rings is 1. The Morgan fingerprint density at radius 1 is 1.25 bits per heavy atom. The van der Waals surface area contributed by atoms with Gasteiger partial charge in [-0.05, 0) is 24.3 Å². The summed E-state index contributed by atoms with van der Waals surface area (Å²) >= 11 is 0. The molecule has 0 aliphatic rings. The third-order valence-electron chi connectivity index (χ3n) is 3.22. The van der Waals surface area contributed by atoms with Crippen LogP contribution in [0.3, 0.4) is 0 Å². The molecule has 20 heavy (non-hydrogen) atoms. The van der Waals surface area contributed by atoms with Crippen molar-refractivity contribution in [2.24, 2.45) is 0 Å². The zero-order valence-electron chi connectivity index (χ0n) is 11.1. The summed E-state index contributed by atoms with van der Waals surface area (Å²) < 4.78 is 7.21. The van der Waals surface area contributed by atoms with E-state index in [4.69, 9.17) is 10.00 Å². The molecule has 98 valence electrons. The van der Waals surface area contributed by atoms with Crippen LogP contribution in [0.1, 0.15) is 5.69 Å². The molecule has 1 aromatic carbocycles. The quantitative estimate of drug-likeness (QED) is 0.729. The number of hydrogen-bond acceptors (Lipinski definition) is 3. The second-order valence-electron chi connectivity index (χ2n) is 4.40. The molecule has 4 nitrogen and oxygen atoms in total. The molecule has 0 unspecified atom stereocenters. The van der Waals surface area contributed by atoms with Gasteiger partial charge < -0.3 is 9.14 Å². The van der Waals surface area contributed by atoms with E-state index in [0.29, 0.717) is 6.42 Å². The van der Waals surface area contributed by atoms with E-state index in [2.05, 4.69) is 11.1 Å². The van der Waals surface area contributed by atoms with Crippen molar-refractivity contribution in [3.8, 4) is 23.1 Å². The van der Waals surface area contributed by atoms with Crippen LogP contribution < -0.4 is 4.74 Å². The first-order chi connectivity index (χ1) is 9.83. The number of rotatable bonds is 3. The molecule has 0 aliphatic heterocycles. The number of methoxy groups -OCH3 is 1. The normalized spacial score (nSPS) is 10.4. The molecule has 0 spiro atoms. The molecule has 0 fully saturated rings. The molecule has 0 atom stereocenters. The maximum absolute atomic E-state index is 9.05. The van der Waals surface area contributed by atoms with Crippen molar-refractivity contribution in [1.82, 2.24) is 9.38 Å². The molecule has 4 heteroatoms. The molecule has 0 saturated heterocycles. The van der Waals surface area contributed by atoms with Crippen LogP contribution in [-0.4, -0.2) is 16.5 Å². The van der Waals surface area contributed by atoms with Crippen molar-refractivity contribution in [3.63, 3.8) is 0 Å². The van der Waals surface area contributed by atoms with E-state index >= 15 is 0 Å². The maximum atomic E-state index is 9.05. The van der Waals surface area contributed by atoms with Crippen LogP contribution in [0.5, 0.6) is 5.75 Å². The fraction of sp³-hybridized carbons (Fsp3) is 0.125. The van der Waals surface area contributed by atoms with Crippen LogP contribution >= 0.6 is 0 Å². The molecule has 0 amide bonds. The van der Waals surface area contributed by atoms with Crippen LogP contribution in [0, 0.1) is 11.3 Å². The van der Waals surface area contributed by atoms with Crippen molar-refractivity contribution >= 4 is 5.65 Å². The number of nitrogens with zero attached hydrogens (tertiary/aromatic N) is 3. The van der Waals surface area contributed by atoms with Gasteiger partial charge in [0.05, 0.1) is 31.0 Å². The standard InChI is InChI=1S/C16H13N3O/c1-20-13-6-4-5-12(11-13)16-14(8-9-17)19-10-3-2-7-15(19)18-16/h2-7,10-11H,8H2,1H3. The topological polar surface area (TPSA) is 50.3 Å². The maximum Gasteiger partial charge on any atom is 0.137 e. The van der Waals surface area contributed by atoms with E-state index in [-0.39, 0.29) is 0 Å². The van der Waals surface area contributed by atoms with Crippen molar-refractivity contribution in [1.29, 1.82) is 5.26 Å². The van der Waals surface area contributed by atoms with Crippen LogP contribution in [0.2, 0.25) is 0 Å². The van der Waals surface area contributed by atoms with Crippen molar-refractivity contribution in [3.05, 3.63) is 54.4 Å². The number of pyridine rings is 1. The predicted octanol–water partition coefficient (Wildman–Crippen LogP) is 3.08. The van der Waals surface area contributed by atoms with Crippen molar-refractivity contribution < 1.29 is 4.74 Å². The third-order valence-corrected chi connectivity index (χ3v) is 3.22. The Morgan fingerprint density at radius 2 is 2.15 bits per heavy atom. The lowest BCUT2D eigenvalue weighted by atomic mass is 10.1. The summed E-state index contributed by atoms with van der Waals surface area (Å²) in [5.41, 5.74) is 3.53. The number of hydrogen-bond donors (Lipinski definition) is 0. The number of aromatic nitrogens is 2. The Morgan fingerprint density at radius 3 is 2.95 bits per heavy atom. The molecule has 0 saturated carbocycles. The fourth-order valence-corrected chi connectivity index (χ4v) is 2.29. The number of nitriles is 1. The van der Waals surface area contributed by atoms with Gasteiger partial charge in [0.25, 0.3) is 0 Å². The van der Waals surface area contributed by atoms with Gasteiger partial charge in [0.2, 0.25) is 0 Å². The van der Waals surface area contributed by atoms with Crippen LogP contribution in [0.4, 0.5) is 0 Å². The van der Waals surface area contributed by atoms with Crippen molar-refractivity contribution in [2.75, 3.05) is 7.11 Å². The molecule has 0 bridgehead atoms. The lowest BCUT2D eigenvalue weighted by molar-refractivity contribution is 0.415. The van der Waals surface area contributed by atoms with E-state index in [1.165, 1.54) is 0 Å².